The Morgan fingerprint density at radius 3 is 2.11 bits per heavy atom. The molecule has 2 heterocycles. The molecule has 3 amide bonds. The Morgan fingerprint density at radius 2 is 1.50 bits per heavy atom. The number of carbonyl (C=O) groups excluding carboxylic acids is 3. The average Bonchev–Trinajstić information content (AvgIpc) is 3.15. The van der Waals surface area contributed by atoms with Gasteiger partial charge in [0.1, 0.15) is 12.2 Å². The smallest absolute Gasteiger partial charge is 0.270 e. The Hall–Kier alpha value is -3.09. The van der Waals surface area contributed by atoms with E-state index >= 15 is 0 Å². The predicted octanol–water partition coefficient (Wildman–Crippen LogP) is 1.61. The Morgan fingerprint density at radius 1 is 0.893 bits per heavy atom. The van der Waals surface area contributed by atoms with Crippen LogP contribution < -0.4 is 5.32 Å². The lowest BCUT2D eigenvalue weighted by Crippen LogP contribution is -2.51. The molecule has 0 spiro atoms. The van der Waals surface area contributed by atoms with Crippen molar-refractivity contribution in [2.75, 3.05) is 26.2 Å². The van der Waals surface area contributed by atoms with Crippen molar-refractivity contribution in [3.05, 3.63) is 59.9 Å². The number of amides is 3. The first kappa shape index (κ1) is 19.7. The molecule has 1 aromatic heterocycles. The number of aromatic nitrogens is 1. The lowest BCUT2D eigenvalue weighted by Gasteiger charge is -2.35. The topological polar surface area (TPSA) is 74.7 Å². The molecule has 2 aromatic rings. The maximum absolute atomic E-state index is 12.9. The first-order chi connectivity index (χ1) is 13.5. The van der Waals surface area contributed by atoms with Gasteiger partial charge in [0.15, 0.2) is 0 Å². The highest BCUT2D eigenvalue weighted by Gasteiger charge is 2.27. The van der Waals surface area contributed by atoms with Crippen LogP contribution in [0.4, 0.5) is 0 Å². The number of benzene rings is 1. The van der Waals surface area contributed by atoms with E-state index in [-0.39, 0.29) is 30.3 Å². The number of nitrogens with zero attached hydrogens (tertiary/aromatic N) is 3. The van der Waals surface area contributed by atoms with Crippen LogP contribution in [0.1, 0.15) is 34.7 Å². The number of hydrogen-bond donors (Lipinski definition) is 1. The van der Waals surface area contributed by atoms with E-state index < -0.39 is 0 Å². The zero-order valence-electron chi connectivity index (χ0n) is 16.3. The fraction of sp³-hybridized carbons (Fsp3) is 0.381. The summed E-state index contributed by atoms with van der Waals surface area (Å²) in [7, 11) is 0. The van der Waals surface area contributed by atoms with Crippen LogP contribution >= 0.6 is 0 Å². The van der Waals surface area contributed by atoms with E-state index in [0.29, 0.717) is 37.4 Å². The van der Waals surface area contributed by atoms with Crippen molar-refractivity contribution in [2.24, 2.45) is 0 Å². The second-order valence-corrected chi connectivity index (χ2v) is 7.19. The Balaban J connectivity index is 1.59. The molecule has 1 fully saturated rings. The van der Waals surface area contributed by atoms with Crippen molar-refractivity contribution in [3.63, 3.8) is 0 Å². The molecule has 0 saturated carbocycles. The van der Waals surface area contributed by atoms with Crippen molar-refractivity contribution in [2.45, 2.75) is 26.4 Å². The van der Waals surface area contributed by atoms with E-state index in [4.69, 9.17) is 0 Å². The van der Waals surface area contributed by atoms with Gasteiger partial charge in [-0.05, 0) is 38.1 Å². The Bertz CT molecular complexity index is 836. The van der Waals surface area contributed by atoms with E-state index in [2.05, 4.69) is 5.32 Å². The van der Waals surface area contributed by atoms with E-state index in [1.54, 1.807) is 44.8 Å². The second kappa shape index (κ2) is 8.73. The normalized spacial score (nSPS) is 14.2. The van der Waals surface area contributed by atoms with Crippen LogP contribution in [0.5, 0.6) is 0 Å². The molecule has 0 aliphatic carbocycles. The van der Waals surface area contributed by atoms with E-state index in [0.717, 1.165) is 0 Å². The highest BCUT2D eigenvalue weighted by atomic mass is 16.2. The first-order valence-corrected chi connectivity index (χ1v) is 9.54. The molecule has 0 radical (unpaired) electrons. The molecule has 3 rings (SSSR count). The molecule has 1 N–H and O–H groups in total. The zero-order valence-corrected chi connectivity index (χ0v) is 16.3. The minimum Gasteiger partial charge on any atom is -0.352 e. The minimum atomic E-state index is -0.126. The van der Waals surface area contributed by atoms with Gasteiger partial charge in [-0.2, -0.15) is 0 Å². The van der Waals surface area contributed by atoms with Crippen LogP contribution in [0.3, 0.4) is 0 Å². The van der Waals surface area contributed by atoms with Crippen molar-refractivity contribution in [3.8, 4) is 0 Å². The van der Waals surface area contributed by atoms with Crippen LogP contribution in [0.15, 0.2) is 48.7 Å². The molecule has 1 aliphatic heterocycles. The van der Waals surface area contributed by atoms with Crippen molar-refractivity contribution < 1.29 is 14.4 Å². The molecule has 1 aliphatic rings. The molecule has 7 nitrogen and oxygen atoms in total. The van der Waals surface area contributed by atoms with Crippen LogP contribution in [-0.4, -0.2) is 64.3 Å². The van der Waals surface area contributed by atoms with Crippen LogP contribution in [0.2, 0.25) is 0 Å². The van der Waals surface area contributed by atoms with Gasteiger partial charge >= 0.3 is 0 Å². The lowest BCUT2D eigenvalue weighted by molar-refractivity contribution is -0.122. The standard InChI is InChI=1S/C21H26N4O3/c1-16(2)22-19(26)15-25-10-6-9-18(25)21(28)24-13-11-23(12-14-24)20(27)17-7-4-3-5-8-17/h3-10,16H,11-15H2,1-2H3,(H,22,26). The highest BCUT2D eigenvalue weighted by molar-refractivity contribution is 5.95. The van der Waals surface area contributed by atoms with Crippen molar-refractivity contribution in [1.82, 2.24) is 19.7 Å². The summed E-state index contributed by atoms with van der Waals surface area (Å²) < 4.78 is 1.67. The summed E-state index contributed by atoms with van der Waals surface area (Å²) >= 11 is 0. The minimum absolute atomic E-state index is 0.0126. The molecule has 7 heteroatoms. The van der Waals surface area contributed by atoms with Crippen molar-refractivity contribution >= 4 is 17.7 Å². The number of carbonyl (C=O) groups is 3. The van der Waals surface area contributed by atoms with E-state index in [1.165, 1.54) is 0 Å². The van der Waals surface area contributed by atoms with E-state index in [9.17, 15) is 14.4 Å². The lowest BCUT2D eigenvalue weighted by atomic mass is 10.2. The molecular weight excluding hydrogens is 356 g/mol. The molecule has 1 aromatic carbocycles. The van der Waals surface area contributed by atoms with Crippen LogP contribution in [-0.2, 0) is 11.3 Å². The van der Waals surface area contributed by atoms with Gasteiger partial charge in [-0.15, -0.1) is 0 Å². The highest BCUT2D eigenvalue weighted by Crippen LogP contribution is 2.13. The van der Waals surface area contributed by atoms with Gasteiger partial charge in [0, 0.05) is 44.0 Å². The molecule has 148 valence electrons. The third-order valence-electron chi connectivity index (χ3n) is 4.69. The van der Waals surface area contributed by atoms with Gasteiger partial charge in [0.25, 0.3) is 11.8 Å². The fourth-order valence-corrected chi connectivity index (χ4v) is 3.31. The molecule has 0 atom stereocenters. The summed E-state index contributed by atoms with van der Waals surface area (Å²) in [6, 6.07) is 12.7. The summed E-state index contributed by atoms with van der Waals surface area (Å²) in [4.78, 5) is 41.0. The maximum atomic E-state index is 12.9. The van der Waals surface area contributed by atoms with Gasteiger partial charge in [-0.1, -0.05) is 18.2 Å². The quantitative estimate of drug-likeness (QED) is 0.854. The summed E-state index contributed by atoms with van der Waals surface area (Å²) in [6.45, 7) is 5.84. The number of nitrogens with one attached hydrogen (secondary N) is 1. The van der Waals surface area contributed by atoms with Crippen LogP contribution in [0, 0.1) is 0 Å². The summed E-state index contributed by atoms with van der Waals surface area (Å²) in [5.74, 6) is -0.255. The summed E-state index contributed by atoms with van der Waals surface area (Å²) in [5.41, 5.74) is 1.15. The summed E-state index contributed by atoms with van der Waals surface area (Å²) in [6.07, 6.45) is 1.74. The monoisotopic (exact) mass is 382 g/mol. The van der Waals surface area contributed by atoms with Crippen LogP contribution in [0.25, 0.3) is 0 Å². The number of hydrogen-bond acceptors (Lipinski definition) is 3. The second-order valence-electron chi connectivity index (χ2n) is 7.19. The SMILES string of the molecule is CC(C)NC(=O)Cn1cccc1C(=O)N1CCN(C(=O)c2ccccc2)CC1. The molecular formula is C21H26N4O3. The third-order valence-corrected chi connectivity index (χ3v) is 4.69. The number of rotatable bonds is 5. The van der Waals surface area contributed by atoms with Gasteiger partial charge < -0.3 is 19.7 Å². The number of piperazine rings is 1. The molecule has 28 heavy (non-hydrogen) atoms. The van der Waals surface area contributed by atoms with Crippen molar-refractivity contribution in [1.29, 1.82) is 0 Å². The fourth-order valence-electron chi connectivity index (χ4n) is 3.31. The molecule has 0 unspecified atom stereocenters. The van der Waals surface area contributed by atoms with Gasteiger partial charge in [-0.25, -0.2) is 0 Å². The summed E-state index contributed by atoms with van der Waals surface area (Å²) in [5, 5.41) is 2.83. The average molecular weight is 382 g/mol. The van der Waals surface area contributed by atoms with Gasteiger partial charge in [0.2, 0.25) is 5.91 Å². The maximum Gasteiger partial charge on any atom is 0.270 e. The third kappa shape index (κ3) is 4.60. The Labute approximate surface area is 164 Å². The Kier molecular flexibility index (Phi) is 6.13. The molecule has 0 bridgehead atoms. The first-order valence-electron chi connectivity index (χ1n) is 9.54. The van der Waals surface area contributed by atoms with Gasteiger partial charge in [-0.3, -0.25) is 14.4 Å². The van der Waals surface area contributed by atoms with E-state index in [1.807, 2.05) is 32.0 Å². The predicted molar refractivity (Wildman–Crippen MR) is 106 cm³/mol. The molecule has 1 saturated heterocycles. The van der Waals surface area contributed by atoms with Gasteiger partial charge in [0.05, 0.1) is 0 Å². The largest absolute Gasteiger partial charge is 0.352 e. The zero-order chi connectivity index (χ0) is 20.1.